The van der Waals surface area contributed by atoms with E-state index >= 15 is 0 Å². The molecule has 5 heterocycles. The number of urea groups is 1. The normalized spacial score (nSPS) is 25.1. The second kappa shape index (κ2) is 9.05. The molecule has 3 aliphatic heterocycles. The van der Waals surface area contributed by atoms with Gasteiger partial charge < -0.3 is 15.0 Å². The molecular formula is C25H33N5O4S. The van der Waals surface area contributed by atoms with E-state index in [1.165, 1.54) is 11.3 Å². The third kappa shape index (κ3) is 4.49. The summed E-state index contributed by atoms with van der Waals surface area (Å²) in [5.74, 6) is -0.126. The predicted molar refractivity (Wildman–Crippen MR) is 135 cm³/mol. The van der Waals surface area contributed by atoms with Crippen LogP contribution in [-0.2, 0) is 9.53 Å². The monoisotopic (exact) mass is 499 g/mol. The maximum atomic E-state index is 13.6. The molecule has 1 spiro atoms. The van der Waals surface area contributed by atoms with Crippen LogP contribution in [-0.4, -0.2) is 77.6 Å². The van der Waals surface area contributed by atoms with Crippen LogP contribution in [0.3, 0.4) is 0 Å². The van der Waals surface area contributed by atoms with Gasteiger partial charge in [-0.2, -0.15) is 0 Å². The average Bonchev–Trinajstić information content (AvgIpc) is 3.30. The van der Waals surface area contributed by atoms with Gasteiger partial charge in [-0.15, -0.1) is 0 Å². The number of thiophene rings is 1. The first kappa shape index (κ1) is 24.0. The molecule has 0 saturated carbocycles. The summed E-state index contributed by atoms with van der Waals surface area (Å²) in [6, 6.07) is 3.67. The molecule has 188 valence electrons. The highest BCUT2D eigenvalue weighted by Crippen LogP contribution is 2.47. The number of aromatic nitrogens is 1. The maximum absolute atomic E-state index is 13.6. The van der Waals surface area contributed by atoms with E-state index in [1.54, 1.807) is 13.2 Å². The van der Waals surface area contributed by atoms with E-state index in [0.29, 0.717) is 29.7 Å². The lowest BCUT2D eigenvalue weighted by atomic mass is 9.74. The van der Waals surface area contributed by atoms with Crippen LogP contribution >= 0.6 is 11.3 Å². The Morgan fingerprint density at radius 3 is 2.69 bits per heavy atom. The molecule has 2 aromatic heterocycles. The van der Waals surface area contributed by atoms with Gasteiger partial charge in [0.2, 0.25) is 0 Å². The van der Waals surface area contributed by atoms with Crippen molar-refractivity contribution < 1.29 is 19.1 Å². The fourth-order valence-electron chi connectivity index (χ4n) is 6.06. The number of amides is 3. The van der Waals surface area contributed by atoms with Gasteiger partial charge in [-0.25, -0.2) is 9.78 Å². The molecule has 0 bridgehead atoms. The van der Waals surface area contributed by atoms with Crippen molar-refractivity contribution in [1.82, 2.24) is 20.1 Å². The molecule has 9 nitrogen and oxygen atoms in total. The van der Waals surface area contributed by atoms with Gasteiger partial charge in [-0.3, -0.25) is 19.8 Å². The molecule has 3 saturated heterocycles. The van der Waals surface area contributed by atoms with E-state index in [9.17, 15) is 14.4 Å². The molecule has 3 amide bonds. The standard InChI is InChI=1S/C25H33N5O4S/c1-24(2)14-25(22(32)34-24)9-5-11-30(15-25)16-7-12-29(13-8-16)21(31)18-17-6-4-10-27-19(17)35-20(18)28-23(33)26-3/h4,6,10,16H,5,7-9,11-15H2,1-3H3,(H2,26,28,33). The van der Waals surface area contributed by atoms with Crippen LogP contribution in [0.4, 0.5) is 9.80 Å². The predicted octanol–water partition coefficient (Wildman–Crippen LogP) is 3.46. The van der Waals surface area contributed by atoms with Crippen LogP contribution in [0.15, 0.2) is 18.3 Å². The van der Waals surface area contributed by atoms with Gasteiger partial charge in [0.05, 0.1) is 11.0 Å². The number of pyridine rings is 1. The van der Waals surface area contributed by atoms with Crippen molar-refractivity contribution in [3.8, 4) is 0 Å². The first-order valence-electron chi connectivity index (χ1n) is 12.3. The minimum Gasteiger partial charge on any atom is -0.459 e. The van der Waals surface area contributed by atoms with E-state index in [1.807, 2.05) is 30.9 Å². The van der Waals surface area contributed by atoms with Crippen molar-refractivity contribution in [3.63, 3.8) is 0 Å². The molecular weight excluding hydrogens is 466 g/mol. The molecule has 3 aliphatic rings. The fourth-order valence-corrected chi connectivity index (χ4v) is 7.09. The number of nitrogens with zero attached hydrogens (tertiary/aromatic N) is 3. The zero-order valence-electron chi connectivity index (χ0n) is 20.6. The highest BCUT2D eigenvalue weighted by atomic mass is 32.1. The van der Waals surface area contributed by atoms with Gasteiger partial charge in [-0.05, 0) is 58.2 Å². The van der Waals surface area contributed by atoms with Gasteiger partial charge in [0.25, 0.3) is 5.91 Å². The van der Waals surface area contributed by atoms with Gasteiger partial charge in [0.1, 0.15) is 15.4 Å². The first-order valence-corrected chi connectivity index (χ1v) is 13.2. The van der Waals surface area contributed by atoms with Crippen LogP contribution in [0.5, 0.6) is 0 Å². The number of cyclic esters (lactones) is 1. The molecule has 2 aromatic rings. The van der Waals surface area contributed by atoms with E-state index in [2.05, 4.69) is 20.5 Å². The van der Waals surface area contributed by atoms with E-state index in [0.717, 1.165) is 55.4 Å². The third-order valence-corrected chi connectivity index (χ3v) is 8.60. The number of anilines is 1. The summed E-state index contributed by atoms with van der Waals surface area (Å²) in [6.07, 6.45) is 6.07. The summed E-state index contributed by atoms with van der Waals surface area (Å²) < 4.78 is 5.69. The van der Waals surface area contributed by atoms with Crippen LogP contribution in [0.25, 0.3) is 10.2 Å². The summed E-state index contributed by atoms with van der Waals surface area (Å²) in [4.78, 5) is 47.8. The molecule has 0 radical (unpaired) electrons. The van der Waals surface area contributed by atoms with Crippen molar-refractivity contribution in [2.24, 2.45) is 5.41 Å². The van der Waals surface area contributed by atoms with Crippen LogP contribution < -0.4 is 10.6 Å². The number of hydrogen-bond acceptors (Lipinski definition) is 7. The summed E-state index contributed by atoms with van der Waals surface area (Å²) in [5.41, 5.74) is -0.278. The van der Waals surface area contributed by atoms with Crippen LogP contribution in [0, 0.1) is 5.41 Å². The fraction of sp³-hybridized carbons (Fsp3) is 0.600. The second-order valence-corrected chi connectivity index (χ2v) is 11.6. The first-order chi connectivity index (χ1) is 16.7. The Morgan fingerprint density at radius 2 is 2.00 bits per heavy atom. The number of ether oxygens (including phenoxy) is 1. The smallest absolute Gasteiger partial charge is 0.319 e. The molecule has 1 atom stereocenters. The lowest BCUT2D eigenvalue weighted by molar-refractivity contribution is -0.154. The Hall–Kier alpha value is -2.72. The molecule has 2 N–H and O–H groups in total. The number of nitrogens with one attached hydrogen (secondary N) is 2. The number of rotatable bonds is 3. The molecule has 0 aliphatic carbocycles. The number of piperidine rings is 2. The van der Waals surface area contributed by atoms with Gasteiger partial charge in [0.15, 0.2) is 0 Å². The van der Waals surface area contributed by atoms with Gasteiger partial charge in [0, 0.05) is 50.7 Å². The Balaban J connectivity index is 1.29. The molecule has 35 heavy (non-hydrogen) atoms. The van der Waals surface area contributed by atoms with E-state index in [-0.39, 0.29) is 17.9 Å². The largest absolute Gasteiger partial charge is 0.459 e. The van der Waals surface area contributed by atoms with Crippen molar-refractivity contribution in [2.75, 3.05) is 38.5 Å². The topological polar surface area (TPSA) is 104 Å². The minimum atomic E-state index is -0.394. The number of likely N-dealkylation sites (tertiary alicyclic amines) is 2. The third-order valence-electron chi connectivity index (χ3n) is 7.57. The Labute approximate surface area is 209 Å². The zero-order chi connectivity index (χ0) is 24.8. The number of carbonyl (C=O) groups is 3. The average molecular weight is 500 g/mol. The molecule has 3 fully saturated rings. The second-order valence-electron chi connectivity index (χ2n) is 10.6. The zero-order valence-corrected chi connectivity index (χ0v) is 21.4. The summed E-state index contributed by atoms with van der Waals surface area (Å²) in [5, 5.41) is 6.62. The molecule has 1 unspecified atom stereocenters. The van der Waals surface area contributed by atoms with Gasteiger partial charge in [-0.1, -0.05) is 11.3 Å². The minimum absolute atomic E-state index is 0.0473. The highest BCUT2D eigenvalue weighted by molar-refractivity contribution is 7.23. The number of fused-ring (bicyclic) bond motifs is 1. The maximum Gasteiger partial charge on any atom is 0.319 e. The summed E-state index contributed by atoms with van der Waals surface area (Å²) >= 11 is 1.31. The Morgan fingerprint density at radius 1 is 1.23 bits per heavy atom. The molecule has 5 rings (SSSR count). The Bertz CT molecular complexity index is 1160. The molecule has 10 heteroatoms. The number of esters is 1. The van der Waals surface area contributed by atoms with Crippen molar-refractivity contribution >= 4 is 44.5 Å². The lowest BCUT2D eigenvalue weighted by Gasteiger charge is -2.44. The van der Waals surface area contributed by atoms with Gasteiger partial charge >= 0.3 is 12.0 Å². The van der Waals surface area contributed by atoms with E-state index in [4.69, 9.17) is 4.74 Å². The van der Waals surface area contributed by atoms with Crippen molar-refractivity contribution in [1.29, 1.82) is 0 Å². The number of hydrogen-bond donors (Lipinski definition) is 2. The summed E-state index contributed by atoms with van der Waals surface area (Å²) in [6.45, 7) is 7.00. The lowest BCUT2D eigenvalue weighted by Crippen LogP contribution is -2.53. The van der Waals surface area contributed by atoms with Crippen molar-refractivity contribution in [2.45, 2.75) is 57.6 Å². The van der Waals surface area contributed by atoms with Crippen molar-refractivity contribution in [3.05, 3.63) is 23.9 Å². The van der Waals surface area contributed by atoms with Crippen LogP contribution in [0.2, 0.25) is 0 Å². The number of carbonyl (C=O) groups excluding carboxylic acids is 3. The van der Waals surface area contributed by atoms with E-state index < -0.39 is 11.0 Å². The molecule has 0 aromatic carbocycles. The SMILES string of the molecule is CNC(=O)Nc1sc2ncccc2c1C(=O)N1CCC(N2CCCC3(C2)CC(C)(C)OC3=O)CC1. The Kier molecular flexibility index (Phi) is 6.21. The highest BCUT2D eigenvalue weighted by Gasteiger charge is 2.54. The van der Waals surface area contributed by atoms with Crippen LogP contribution in [0.1, 0.15) is 56.3 Å². The quantitative estimate of drug-likeness (QED) is 0.627. The summed E-state index contributed by atoms with van der Waals surface area (Å²) in [7, 11) is 1.55.